The molecule has 10 aromatic rings. The molecule has 0 unspecified atom stereocenters. The van der Waals surface area contributed by atoms with E-state index in [9.17, 15) is 0 Å². The maximum absolute atomic E-state index is 5.59. The van der Waals surface area contributed by atoms with Crippen LogP contribution in [0.4, 0.5) is 0 Å². The highest BCUT2D eigenvalue weighted by molar-refractivity contribution is 7.00. The first kappa shape index (κ1) is 41.5. The Bertz CT molecular complexity index is 3590. The second-order valence-electron chi connectivity index (χ2n) is 23.4. The van der Waals surface area contributed by atoms with Gasteiger partial charge in [0.25, 0.3) is 6.71 Å². The normalized spacial score (nSPS) is 16.4. The zero-order valence-electron chi connectivity index (χ0n) is 41.2. The van der Waals surface area contributed by atoms with Crippen molar-refractivity contribution in [2.75, 3.05) is 0 Å². The molecular weight excluding hydrogens is 836 g/mol. The fourth-order valence-electron chi connectivity index (χ4n) is 13.7. The maximum atomic E-state index is 5.59. The van der Waals surface area contributed by atoms with Crippen LogP contribution in [0.1, 0.15) is 140 Å². The zero-order valence-corrected chi connectivity index (χ0v) is 41.2. The summed E-state index contributed by atoms with van der Waals surface area (Å²) in [6, 6.07) is 49.4. The van der Waals surface area contributed by atoms with E-state index in [-0.39, 0.29) is 17.5 Å². The Labute approximate surface area is 406 Å². The van der Waals surface area contributed by atoms with Crippen LogP contribution in [0.2, 0.25) is 0 Å². The average molecular weight is 897 g/mol. The predicted octanol–water partition coefficient (Wildman–Crippen LogP) is 15.0. The van der Waals surface area contributed by atoms with Crippen LogP contribution in [-0.4, -0.2) is 25.8 Å². The van der Waals surface area contributed by atoms with Gasteiger partial charge in [-0.25, -0.2) is 9.97 Å². The summed E-state index contributed by atoms with van der Waals surface area (Å²) in [4.78, 5) is 10.8. The number of aromatic nitrogens is 4. The van der Waals surface area contributed by atoms with Gasteiger partial charge in [-0.2, -0.15) is 0 Å². The highest BCUT2D eigenvalue weighted by atomic mass is 15.0. The van der Waals surface area contributed by atoms with Gasteiger partial charge in [0.15, 0.2) is 5.82 Å². The molecular formula is C64H61BN4. The Morgan fingerprint density at radius 2 is 0.986 bits per heavy atom. The van der Waals surface area contributed by atoms with Crippen molar-refractivity contribution in [1.29, 1.82) is 0 Å². The van der Waals surface area contributed by atoms with Crippen LogP contribution < -0.4 is 16.4 Å². The Hall–Kier alpha value is -6.46. The third-order valence-electron chi connectivity index (χ3n) is 17.2. The summed E-state index contributed by atoms with van der Waals surface area (Å²) in [5.41, 5.74) is 22.2. The molecule has 4 aliphatic rings. The molecule has 4 nitrogen and oxygen atoms in total. The minimum absolute atomic E-state index is 0.0166. The van der Waals surface area contributed by atoms with Gasteiger partial charge >= 0.3 is 0 Å². The van der Waals surface area contributed by atoms with Crippen molar-refractivity contribution in [3.63, 3.8) is 0 Å². The van der Waals surface area contributed by atoms with Crippen LogP contribution in [0.5, 0.6) is 0 Å². The quantitative estimate of drug-likeness (QED) is 0.165. The van der Waals surface area contributed by atoms with Crippen molar-refractivity contribution in [1.82, 2.24) is 19.1 Å². The van der Waals surface area contributed by atoms with Crippen molar-refractivity contribution >= 4 is 77.6 Å². The van der Waals surface area contributed by atoms with Gasteiger partial charge in [-0.1, -0.05) is 165 Å². The summed E-state index contributed by atoms with van der Waals surface area (Å²) in [6.07, 6.45) is 13.0. The molecule has 2 saturated carbocycles. The third kappa shape index (κ3) is 6.14. The summed E-state index contributed by atoms with van der Waals surface area (Å²) in [5.74, 6) is 1.87. The Morgan fingerprint density at radius 3 is 1.51 bits per heavy atom. The average Bonchev–Trinajstić information content (AvgIpc) is 3.90. The standard InChI is InChI=1S/C64H61BN4/c1-63(2,3)42-26-32-52-47(36-42)56-44(38-18-10-7-11-19-38)28-30-49-60(56)68(52)54-34-41(59-46-24-16-17-25-51(46)66-62(67-59)40-22-14-9-15-23-40)35-55-58(54)65(49)50-31-29-45(39-20-12-8-13-21-39)57-48-37-43(64(4,5)6)27-33-53(48)69(55)61(50)57/h9,14-17,22-39H,7-8,10-13,18-21H2,1-6H3. The van der Waals surface area contributed by atoms with Gasteiger partial charge in [-0.15, -0.1) is 0 Å². The van der Waals surface area contributed by atoms with Gasteiger partial charge in [0.05, 0.1) is 22.2 Å². The van der Waals surface area contributed by atoms with E-state index in [1.807, 2.05) is 0 Å². The van der Waals surface area contributed by atoms with Gasteiger partial charge < -0.3 is 9.13 Å². The molecule has 2 fully saturated rings. The summed E-state index contributed by atoms with van der Waals surface area (Å²) in [5, 5.41) is 6.83. The van der Waals surface area contributed by atoms with Crippen molar-refractivity contribution in [3.8, 4) is 34.0 Å². The van der Waals surface area contributed by atoms with Gasteiger partial charge in [0.2, 0.25) is 0 Å². The molecule has 69 heavy (non-hydrogen) atoms. The van der Waals surface area contributed by atoms with Gasteiger partial charge in [0, 0.05) is 60.5 Å². The first-order chi connectivity index (χ1) is 33.5. The van der Waals surface area contributed by atoms with E-state index in [4.69, 9.17) is 9.97 Å². The van der Waals surface area contributed by atoms with Crippen molar-refractivity contribution in [2.24, 2.45) is 0 Å². The second-order valence-corrected chi connectivity index (χ2v) is 23.4. The van der Waals surface area contributed by atoms with Gasteiger partial charge in [-0.3, -0.25) is 0 Å². The molecule has 0 bridgehead atoms. The molecule has 14 rings (SSSR count). The first-order valence-electron chi connectivity index (χ1n) is 26.3. The molecule has 0 radical (unpaired) electrons. The van der Waals surface area contributed by atoms with Crippen LogP contribution in [0, 0.1) is 0 Å². The van der Waals surface area contributed by atoms with Crippen LogP contribution in [0.3, 0.4) is 0 Å². The van der Waals surface area contributed by atoms with Gasteiger partial charge in [-0.05, 0) is 129 Å². The van der Waals surface area contributed by atoms with E-state index in [0.717, 1.165) is 33.5 Å². The lowest BCUT2D eigenvalue weighted by Crippen LogP contribution is -2.59. The molecule has 2 aliphatic carbocycles. The largest absolute Gasteiger partial charge is 0.310 e. The van der Waals surface area contributed by atoms with Crippen molar-refractivity contribution in [2.45, 2.75) is 128 Å². The molecule has 3 aromatic heterocycles. The molecule has 340 valence electrons. The molecule has 0 spiro atoms. The number of rotatable bonds is 4. The molecule has 0 saturated heterocycles. The monoisotopic (exact) mass is 896 g/mol. The van der Waals surface area contributed by atoms with Crippen LogP contribution >= 0.6 is 0 Å². The van der Waals surface area contributed by atoms with E-state index in [1.165, 1.54) is 147 Å². The number of fused-ring (bicyclic) bond motifs is 11. The minimum atomic E-state index is 0.0166. The van der Waals surface area contributed by atoms with E-state index < -0.39 is 0 Å². The number of benzene rings is 7. The predicted molar refractivity (Wildman–Crippen MR) is 293 cm³/mol. The Morgan fingerprint density at radius 1 is 0.478 bits per heavy atom. The summed E-state index contributed by atoms with van der Waals surface area (Å²) in [6.45, 7) is 14.3. The topological polar surface area (TPSA) is 35.6 Å². The fourth-order valence-corrected chi connectivity index (χ4v) is 13.7. The second kappa shape index (κ2) is 15.0. The van der Waals surface area contributed by atoms with Crippen LogP contribution in [0.25, 0.3) is 88.5 Å². The minimum Gasteiger partial charge on any atom is -0.310 e. The highest BCUT2D eigenvalue weighted by Crippen LogP contribution is 2.48. The van der Waals surface area contributed by atoms with Gasteiger partial charge in [0.1, 0.15) is 0 Å². The molecule has 0 N–H and O–H groups in total. The SMILES string of the molecule is CC(C)(C)c1ccc2c(c1)c1c(C3CCCCC3)ccc3c1n2-c1cc(-c2nc(-c4ccccc4)nc4ccccc24)cc2c1B3c1ccc(C3CCCCC3)c3c4cc(C(C)(C)C)ccc4n-2c13. The van der Waals surface area contributed by atoms with E-state index in [0.29, 0.717) is 11.8 Å². The third-order valence-corrected chi connectivity index (χ3v) is 17.2. The fraction of sp³-hybridized carbons (Fsp3) is 0.312. The number of hydrogen-bond donors (Lipinski definition) is 0. The molecule has 7 aromatic carbocycles. The van der Waals surface area contributed by atoms with Crippen LogP contribution in [-0.2, 0) is 10.8 Å². The summed E-state index contributed by atoms with van der Waals surface area (Å²) >= 11 is 0. The van der Waals surface area contributed by atoms with Crippen molar-refractivity contribution < 1.29 is 0 Å². The number of hydrogen-bond acceptors (Lipinski definition) is 2. The molecule has 2 aliphatic heterocycles. The smallest absolute Gasteiger partial charge is 0.252 e. The summed E-state index contributed by atoms with van der Waals surface area (Å²) in [7, 11) is 0. The Balaban J connectivity index is 1.17. The highest BCUT2D eigenvalue weighted by Gasteiger charge is 2.43. The molecule has 5 heteroatoms. The summed E-state index contributed by atoms with van der Waals surface area (Å²) < 4.78 is 5.42. The zero-order chi connectivity index (χ0) is 46.5. The lowest BCUT2D eigenvalue weighted by molar-refractivity contribution is 0.445. The lowest BCUT2D eigenvalue weighted by atomic mass is 9.34. The Kier molecular flexibility index (Phi) is 9.04. The van der Waals surface area contributed by atoms with Crippen LogP contribution in [0.15, 0.2) is 127 Å². The first-order valence-corrected chi connectivity index (χ1v) is 26.3. The molecule has 5 heterocycles. The van der Waals surface area contributed by atoms with E-state index >= 15 is 0 Å². The maximum Gasteiger partial charge on any atom is 0.252 e. The van der Waals surface area contributed by atoms with E-state index in [2.05, 4.69) is 178 Å². The van der Waals surface area contributed by atoms with E-state index in [1.54, 1.807) is 11.1 Å². The molecule has 0 amide bonds. The van der Waals surface area contributed by atoms with Crippen molar-refractivity contribution in [3.05, 3.63) is 150 Å². The lowest BCUT2D eigenvalue weighted by Gasteiger charge is -2.35. The number of nitrogens with zero attached hydrogens (tertiary/aromatic N) is 4. The molecule has 0 atom stereocenters. The number of para-hydroxylation sites is 1.